The van der Waals surface area contributed by atoms with Crippen molar-refractivity contribution in [3.8, 4) is 5.75 Å². The van der Waals surface area contributed by atoms with Crippen LogP contribution >= 0.6 is 11.8 Å². The van der Waals surface area contributed by atoms with Gasteiger partial charge in [0.1, 0.15) is 11.0 Å². The molecule has 0 fully saturated rings. The lowest BCUT2D eigenvalue weighted by atomic mass is 10.2. The Kier molecular flexibility index (Phi) is 5.68. The lowest BCUT2D eigenvalue weighted by Gasteiger charge is -2.13. The predicted molar refractivity (Wildman–Crippen MR) is 82.4 cm³/mol. The van der Waals surface area contributed by atoms with Crippen LogP contribution in [0, 0.1) is 0 Å². The molecule has 0 saturated carbocycles. The Balaban J connectivity index is 1.96. The number of H-pyrrole nitrogens is 1. The third-order valence-corrected chi connectivity index (χ3v) is 4.30. The number of carbonyl (C=O) groups excluding carboxylic acids is 1. The zero-order valence-electron chi connectivity index (χ0n) is 12.0. The molecule has 1 unspecified atom stereocenters. The van der Waals surface area contributed by atoms with Crippen LogP contribution < -0.4 is 4.74 Å². The molecule has 0 aliphatic heterocycles. The first-order valence-corrected chi connectivity index (χ1v) is 7.57. The van der Waals surface area contributed by atoms with Crippen LogP contribution in [0.4, 0.5) is 0 Å². The van der Waals surface area contributed by atoms with E-state index in [2.05, 4.69) is 9.97 Å². The maximum atomic E-state index is 11.9. The van der Waals surface area contributed by atoms with Crippen LogP contribution in [0.3, 0.4) is 0 Å². The van der Waals surface area contributed by atoms with Gasteiger partial charge in [0.2, 0.25) is 0 Å². The molecule has 0 saturated heterocycles. The van der Waals surface area contributed by atoms with Gasteiger partial charge in [-0.05, 0) is 17.7 Å². The molecule has 1 aromatic carbocycles. The van der Waals surface area contributed by atoms with E-state index in [1.54, 1.807) is 31.4 Å². The van der Waals surface area contributed by atoms with Gasteiger partial charge in [-0.3, -0.25) is 4.79 Å². The minimum atomic E-state index is -0.252. The number of methoxy groups -OCH3 is 2. The first-order valence-electron chi connectivity index (χ1n) is 6.52. The van der Waals surface area contributed by atoms with Crippen LogP contribution in [-0.2, 0) is 21.7 Å². The van der Waals surface area contributed by atoms with E-state index in [0.717, 1.165) is 22.8 Å². The van der Waals surface area contributed by atoms with E-state index in [1.807, 2.05) is 24.3 Å². The number of thioether (sulfide) groups is 1. The smallest absolute Gasteiger partial charge is 0.319 e. The second-order valence-electron chi connectivity index (χ2n) is 4.45. The number of imidazole rings is 1. The molecule has 1 N–H and O–H groups in total. The molecule has 0 radical (unpaired) electrons. The third-order valence-electron chi connectivity index (χ3n) is 3.03. The van der Waals surface area contributed by atoms with Crippen molar-refractivity contribution in [1.82, 2.24) is 9.97 Å². The third kappa shape index (κ3) is 4.53. The van der Waals surface area contributed by atoms with Crippen molar-refractivity contribution in [1.29, 1.82) is 0 Å². The molecule has 0 bridgehead atoms. The zero-order valence-corrected chi connectivity index (χ0v) is 12.9. The van der Waals surface area contributed by atoms with Crippen molar-refractivity contribution >= 4 is 17.7 Å². The van der Waals surface area contributed by atoms with Crippen molar-refractivity contribution in [2.45, 2.75) is 17.4 Å². The summed E-state index contributed by atoms with van der Waals surface area (Å²) in [6.45, 7) is 0. The van der Waals surface area contributed by atoms with E-state index in [0.29, 0.717) is 6.42 Å². The molecule has 0 amide bonds. The van der Waals surface area contributed by atoms with Gasteiger partial charge >= 0.3 is 5.97 Å². The monoisotopic (exact) mass is 306 g/mol. The van der Waals surface area contributed by atoms with Crippen LogP contribution in [-0.4, -0.2) is 35.4 Å². The SMILES string of the molecule is COC(=O)C(Cc1cnc[nH]1)SCc1ccc(OC)cc1. The Morgan fingerprint density at radius 2 is 2.10 bits per heavy atom. The molecular formula is C15H18N2O3S. The number of hydrogen-bond donors (Lipinski definition) is 1. The first-order chi connectivity index (χ1) is 10.2. The van der Waals surface area contributed by atoms with Gasteiger partial charge < -0.3 is 14.5 Å². The predicted octanol–water partition coefficient (Wildman–Crippen LogP) is 2.44. The van der Waals surface area contributed by atoms with Gasteiger partial charge in [-0.2, -0.15) is 0 Å². The number of hydrogen-bond acceptors (Lipinski definition) is 5. The van der Waals surface area contributed by atoms with E-state index in [9.17, 15) is 4.79 Å². The Labute approximate surface area is 128 Å². The molecule has 0 aliphatic rings. The average molecular weight is 306 g/mol. The largest absolute Gasteiger partial charge is 0.497 e. The molecule has 1 aromatic heterocycles. The van der Waals surface area contributed by atoms with Crippen molar-refractivity contribution in [3.05, 3.63) is 48.0 Å². The fourth-order valence-corrected chi connectivity index (χ4v) is 2.97. The zero-order chi connectivity index (χ0) is 15.1. The van der Waals surface area contributed by atoms with Gasteiger partial charge in [0.05, 0.1) is 20.5 Å². The van der Waals surface area contributed by atoms with Crippen molar-refractivity contribution in [2.75, 3.05) is 14.2 Å². The molecule has 112 valence electrons. The number of esters is 1. The van der Waals surface area contributed by atoms with E-state index in [-0.39, 0.29) is 11.2 Å². The summed E-state index contributed by atoms with van der Waals surface area (Å²) in [6, 6.07) is 7.82. The Morgan fingerprint density at radius 3 is 2.67 bits per heavy atom. The van der Waals surface area contributed by atoms with Crippen molar-refractivity contribution in [3.63, 3.8) is 0 Å². The summed E-state index contributed by atoms with van der Waals surface area (Å²) < 4.78 is 10.0. The lowest BCUT2D eigenvalue weighted by Crippen LogP contribution is -2.21. The highest BCUT2D eigenvalue weighted by atomic mass is 32.2. The summed E-state index contributed by atoms with van der Waals surface area (Å²) in [4.78, 5) is 18.8. The van der Waals surface area contributed by atoms with E-state index >= 15 is 0 Å². The molecule has 0 spiro atoms. The summed E-state index contributed by atoms with van der Waals surface area (Å²) >= 11 is 1.56. The molecule has 2 rings (SSSR count). The summed E-state index contributed by atoms with van der Waals surface area (Å²) in [6.07, 6.45) is 3.91. The summed E-state index contributed by atoms with van der Waals surface area (Å²) in [7, 11) is 3.05. The molecule has 1 heterocycles. The molecule has 5 nitrogen and oxygen atoms in total. The Bertz CT molecular complexity index is 555. The standard InChI is InChI=1S/C15H18N2O3S/c1-19-13-5-3-11(4-6-13)9-21-14(15(18)20-2)7-12-8-16-10-17-12/h3-6,8,10,14H,7,9H2,1-2H3,(H,16,17). The highest BCUT2D eigenvalue weighted by Gasteiger charge is 2.20. The van der Waals surface area contributed by atoms with E-state index in [1.165, 1.54) is 7.11 Å². The van der Waals surface area contributed by atoms with Gasteiger partial charge in [0.25, 0.3) is 0 Å². The molecule has 2 aromatic rings. The number of rotatable bonds is 7. The van der Waals surface area contributed by atoms with Crippen LogP contribution in [0.5, 0.6) is 5.75 Å². The van der Waals surface area contributed by atoms with Crippen molar-refractivity contribution < 1.29 is 14.3 Å². The molecule has 0 aliphatic carbocycles. The quantitative estimate of drug-likeness (QED) is 0.796. The van der Waals surface area contributed by atoms with Crippen LogP contribution in [0.25, 0.3) is 0 Å². The fraction of sp³-hybridized carbons (Fsp3) is 0.333. The molecule has 6 heteroatoms. The normalized spacial score (nSPS) is 11.9. The number of nitrogens with zero attached hydrogens (tertiary/aromatic N) is 1. The second-order valence-corrected chi connectivity index (χ2v) is 5.64. The first kappa shape index (κ1) is 15.4. The Hall–Kier alpha value is -1.95. The second kappa shape index (κ2) is 7.73. The highest BCUT2D eigenvalue weighted by molar-refractivity contribution is 7.99. The maximum Gasteiger partial charge on any atom is 0.319 e. The van der Waals surface area contributed by atoms with Crippen LogP contribution in [0.15, 0.2) is 36.8 Å². The summed E-state index contributed by atoms with van der Waals surface area (Å²) in [5.74, 6) is 1.34. The summed E-state index contributed by atoms with van der Waals surface area (Å²) in [5, 5.41) is -0.252. The minimum absolute atomic E-state index is 0.219. The van der Waals surface area contributed by atoms with Gasteiger partial charge in [-0.15, -0.1) is 11.8 Å². The van der Waals surface area contributed by atoms with Crippen LogP contribution in [0.1, 0.15) is 11.3 Å². The number of ether oxygens (including phenoxy) is 2. The molecular weight excluding hydrogens is 288 g/mol. The average Bonchev–Trinajstić information content (AvgIpc) is 3.04. The minimum Gasteiger partial charge on any atom is -0.497 e. The number of aromatic nitrogens is 2. The number of benzene rings is 1. The van der Waals surface area contributed by atoms with E-state index in [4.69, 9.17) is 9.47 Å². The van der Waals surface area contributed by atoms with Gasteiger partial charge in [0, 0.05) is 24.1 Å². The topological polar surface area (TPSA) is 64.2 Å². The van der Waals surface area contributed by atoms with Crippen LogP contribution in [0.2, 0.25) is 0 Å². The highest BCUT2D eigenvalue weighted by Crippen LogP contribution is 2.23. The fourth-order valence-electron chi connectivity index (χ4n) is 1.86. The van der Waals surface area contributed by atoms with Crippen molar-refractivity contribution in [2.24, 2.45) is 0 Å². The number of aromatic amines is 1. The van der Waals surface area contributed by atoms with Gasteiger partial charge in [-0.25, -0.2) is 4.98 Å². The maximum absolute atomic E-state index is 11.9. The molecule has 21 heavy (non-hydrogen) atoms. The lowest BCUT2D eigenvalue weighted by molar-refractivity contribution is -0.139. The van der Waals surface area contributed by atoms with Gasteiger partial charge in [-0.1, -0.05) is 12.1 Å². The molecule has 1 atom stereocenters. The summed E-state index contributed by atoms with van der Waals surface area (Å²) in [5.41, 5.74) is 2.06. The van der Waals surface area contributed by atoms with E-state index < -0.39 is 0 Å². The number of carbonyl (C=O) groups is 1. The Morgan fingerprint density at radius 1 is 1.33 bits per heavy atom. The van der Waals surface area contributed by atoms with Gasteiger partial charge in [0.15, 0.2) is 0 Å². The number of nitrogens with one attached hydrogen (secondary N) is 1.